The molecule has 0 aliphatic heterocycles. The fourth-order valence-electron chi connectivity index (χ4n) is 2.29. The third kappa shape index (κ3) is 3.42. The molecule has 0 aromatic carbocycles. The number of anilines is 1. The minimum Gasteiger partial charge on any atom is -0.478 e. The number of nitrogens with one attached hydrogen (secondary N) is 1. The summed E-state index contributed by atoms with van der Waals surface area (Å²) in [6.07, 6.45) is 0. The summed E-state index contributed by atoms with van der Waals surface area (Å²) in [5.41, 5.74) is 1.71. The summed E-state index contributed by atoms with van der Waals surface area (Å²) in [6.45, 7) is 8.56. The Bertz CT molecular complexity index is 649. The molecule has 0 fully saturated rings. The van der Waals surface area contributed by atoms with Gasteiger partial charge in [-0.2, -0.15) is 0 Å². The van der Waals surface area contributed by atoms with Crippen molar-refractivity contribution in [2.24, 2.45) is 0 Å². The summed E-state index contributed by atoms with van der Waals surface area (Å²) in [6, 6.07) is 5.91. The normalized spacial score (nSPS) is 11.4. The number of aromatic carboxylic acids is 1. The van der Waals surface area contributed by atoms with Crippen LogP contribution in [0.3, 0.4) is 0 Å². The van der Waals surface area contributed by atoms with Crippen molar-refractivity contribution < 1.29 is 9.90 Å². The highest BCUT2D eigenvalue weighted by Gasteiger charge is 2.23. The Morgan fingerprint density at radius 2 is 2.14 bits per heavy atom. The van der Waals surface area contributed by atoms with E-state index in [0.29, 0.717) is 12.4 Å². The van der Waals surface area contributed by atoms with Crippen LogP contribution in [0.15, 0.2) is 23.6 Å². The summed E-state index contributed by atoms with van der Waals surface area (Å²) in [4.78, 5) is 17.0. The van der Waals surface area contributed by atoms with Crippen molar-refractivity contribution in [1.29, 1.82) is 0 Å². The maximum absolute atomic E-state index is 11.4. The van der Waals surface area contributed by atoms with Crippen LogP contribution in [0.1, 0.15) is 40.3 Å². The first-order valence-corrected chi connectivity index (χ1v) is 7.68. The number of hydrogen-bond donors (Lipinski definition) is 2. The van der Waals surface area contributed by atoms with E-state index in [0.717, 1.165) is 11.3 Å². The number of carbonyl (C=O) groups is 1. The van der Waals surface area contributed by atoms with Gasteiger partial charge < -0.3 is 10.4 Å². The van der Waals surface area contributed by atoms with Gasteiger partial charge in [-0.05, 0) is 36.9 Å². The van der Waals surface area contributed by atoms with Crippen molar-refractivity contribution in [1.82, 2.24) is 4.98 Å². The lowest BCUT2D eigenvalue weighted by Gasteiger charge is -2.24. The van der Waals surface area contributed by atoms with Gasteiger partial charge in [0.15, 0.2) is 0 Å². The van der Waals surface area contributed by atoms with Crippen LogP contribution >= 0.6 is 11.3 Å². The molecule has 2 heterocycles. The average Bonchev–Trinajstić information content (AvgIpc) is 2.89. The van der Waals surface area contributed by atoms with Gasteiger partial charge in [0.25, 0.3) is 0 Å². The predicted molar refractivity (Wildman–Crippen MR) is 86.5 cm³/mol. The minimum absolute atomic E-state index is 0.0801. The molecule has 0 aliphatic carbocycles. The summed E-state index contributed by atoms with van der Waals surface area (Å²) < 4.78 is 0. The van der Waals surface area contributed by atoms with Gasteiger partial charge in [0.2, 0.25) is 0 Å². The monoisotopic (exact) mass is 304 g/mol. The number of carboxylic acids is 1. The van der Waals surface area contributed by atoms with Gasteiger partial charge in [0, 0.05) is 22.5 Å². The van der Waals surface area contributed by atoms with E-state index in [4.69, 9.17) is 0 Å². The van der Waals surface area contributed by atoms with Crippen LogP contribution < -0.4 is 5.32 Å². The van der Waals surface area contributed by atoms with Gasteiger partial charge in [-0.1, -0.05) is 19.9 Å². The molecule has 0 saturated heterocycles. The standard InChI is InChI=1S/C16H20N2O2S/c1-10-8-11(2)18-14(13(10)15(19)20)17-9-16(3,4)12-6-5-7-21-12/h5-8H,9H2,1-4H3,(H,17,18)(H,19,20). The Hall–Kier alpha value is -1.88. The quantitative estimate of drug-likeness (QED) is 0.881. The zero-order valence-electron chi connectivity index (χ0n) is 12.7. The van der Waals surface area contributed by atoms with E-state index in [2.05, 4.69) is 35.6 Å². The van der Waals surface area contributed by atoms with Gasteiger partial charge in [-0.25, -0.2) is 9.78 Å². The first-order chi connectivity index (χ1) is 9.81. The molecule has 2 N–H and O–H groups in total. The number of aryl methyl sites for hydroxylation is 2. The largest absolute Gasteiger partial charge is 0.478 e. The molecule has 0 spiro atoms. The Morgan fingerprint density at radius 1 is 1.43 bits per heavy atom. The molecule has 0 unspecified atom stereocenters. The molecule has 0 radical (unpaired) electrons. The van der Waals surface area contributed by atoms with Crippen LogP contribution in [0.5, 0.6) is 0 Å². The maximum Gasteiger partial charge on any atom is 0.339 e. The second kappa shape index (κ2) is 5.85. The number of nitrogens with zero attached hydrogens (tertiary/aromatic N) is 1. The molecular weight excluding hydrogens is 284 g/mol. The molecule has 2 aromatic heterocycles. The maximum atomic E-state index is 11.4. The zero-order valence-corrected chi connectivity index (χ0v) is 13.5. The highest BCUT2D eigenvalue weighted by molar-refractivity contribution is 7.10. The van der Waals surface area contributed by atoms with E-state index in [1.54, 1.807) is 24.3 Å². The van der Waals surface area contributed by atoms with Crippen LogP contribution in [0.4, 0.5) is 5.82 Å². The molecule has 0 atom stereocenters. The summed E-state index contributed by atoms with van der Waals surface area (Å²) >= 11 is 1.71. The van der Waals surface area contributed by atoms with Crippen molar-refractivity contribution in [3.63, 3.8) is 0 Å². The Morgan fingerprint density at radius 3 is 2.71 bits per heavy atom. The third-order valence-electron chi connectivity index (χ3n) is 3.44. The van der Waals surface area contributed by atoms with Crippen molar-refractivity contribution >= 4 is 23.1 Å². The number of carboxylic acid groups (broad SMARTS) is 1. The first-order valence-electron chi connectivity index (χ1n) is 6.80. The van der Waals surface area contributed by atoms with Crippen LogP contribution in [0.25, 0.3) is 0 Å². The van der Waals surface area contributed by atoms with Gasteiger partial charge in [0.05, 0.1) is 0 Å². The second-order valence-corrected chi connectivity index (χ2v) is 6.77. The summed E-state index contributed by atoms with van der Waals surface area (Å²) in [5, 5.41) is 14.6. The van der Waals surface area contributed by atoms with E-state index in [1.165, 1.54) is 4.88 Å². The molecule has 112 valence electrons. The highest BCUT2D eigenvalue weighted by Crippen LogP contribution is 2.28. The van der Waals surface area contributed by atoms with Crippen molar-refractivity contribution in [2.75, 3.05) is 11.9 Å². The predicted octanol–water partition coefficient (Wildman–Crippen LogP) is 3.85. The van der Waals surface area contributed by atoms with Crippen LogP contribution in [-0.4, -0.2) is 22.6 Å². The lowest BCUT2D eigenvalue weighted by Crippen LogP contribution is -2.28. The fraction of sp³-hybridized carbons (Fsp3) is 0.375. The van der Waals surface area contributed by atoms with E-state index in [9.17, 15) is 9.90 Å². The number of aromatic nitrogens is 1. The Kier molecular flexibility index (Phi) is 4.32. The first kappa shape index (κ1) is 15.5. The van der Waals surface area contributed by atoms with E-state index < -0.39 is 5.97 Å². The Labute approximate surface area is 128 Å². The highest BCUT2D eigenvalue weighted by atomic mass is 32.1. The van der Waals surface area contributed by atoms with E-state index >= 15 is 0 Å². The van der Waals surface area contributed by atoms with Crippen LogP contribution in [-0.2, 0) is 5.41 Å². The average molecular weight is 304 g/mol. The lowest BCUT2D eigenvalue weighted by atomic mass is 9.91. The molecule has 2 rings (SSSR count). The third-order valence-corrected chi connectivity index (χ3v) is 4.68. The SMILES string of the molecule is Cc1cc(C)c(C(=O)O)c(NCC(C)(C)c2cccs2)n1. The number of hydrogen-bond acceptors (Lipinski definition) is 4. The second-order valence-electron chi connectivity index (χ2n) is 5.82. The zero-order chi connectivity index (χ0) is 15.6. The Balaban J connectivity index is 2.26. The minimum atomic E-state index is -0.948. The van der Waals surface area contributed by atoms with E-state index in [-0.39, 0.29) is 11.0 Å². The topological polar surface area (TPSA) is 62.2 Å². The molecule has 4 nitrogen and oxygen atoms in total. The number of thiophene rings is 1. The van der Waals surface area contributed by atoms with E-state index in [1.807, 2.05) is 13.0 Å². The molecule has 2 aromatic rings. The van der Waals surface area contributed by atoms with Crippen LogP contribution in [0.2, 0.25) is 0 Å². The molecule has 0 amide bonds. The molecule has 5 heteroatoms. The van der Waals surface area contributed by atoms with Gasteiger partial charge in [0.1, 0.15) is 11.4 Å². The van der Waals surface area contributed by atoms with Gasteiger partial charge in [-0.15, -0.1) is 11.3 Å². The lowest BCUT2D eigenvalue weighted by molar-refractivity contribution is 0.0696. The van der Waals surface area contributed by atoms with Gasteiger partial charge >= 0.3 is 5.97 Å². The van der Waals surface area contributed by atoms with Crippen LogP contribution in [0, 0.1) is 13.8 Å². The summed E-state index contributed by atoms with van der Waals surface area (Å²) in [7, 11) is 0. The fourth-order valence-corrected chi connectivity index (χ4v) is 3.14. The molecular formula is C16H20N2O2S. The van der Waals surface area contributed by atoms with Crippen molar-refractivity contribution in [3.8, 4) is 0 Å². The molecule has 0 aliphatic rings. The van der Waals surface area contributed by atoms with Crippen molar-refractivity contribution in [2.45, 2.75) is 33.1 Å². The van der Waals surface area contributed by atoms with Crippen molar-refractivity contribution in [3.05, 3.63) is 45.3 Å². The number of pyridine rings is 1. The molecule has 0 saturated carbocycles. The van der Waals surface area contributed by atoms with Gasteiger partial charge in [-0.3, -0.25) is 0 Å². The summed E-state index contributed by atoms with van der Waals surface area (Å²) in [5.74, 6) is -0.499. The molecule has 21 heavy (non-hydrogen) atoms. The molecule has 0 bridgehead atoms. The number of rotatable bonds is 5. The smallest absolute Gasteiger partial charge is 0.339 e.